The number of carbonyl (C=O) groups is 2. The minimum Gasteiger partial charge on any atom is -0.449 e. The Morgan fingerprint density at radius 2 is 2.33 bits per heavy atom. The standard InChI is InChI=1S/C8H10N2O5/c1-4(2)5-6(14-8(12)13)7(9-3-11)15-10-5/h3-4H,1-2H3,(H,9,11)(H,12,13). The Labute approximate surface area is 85.0 Å². The summed E-state index contributed by atoms with van der Waals surface area (Å²) >= 11 is 0. The Hall–Kier alpha value is -2.05. The number of ether oxygens (including phenoxy) is 1. The summed E-state index contributed by atoms with van der Waals surface area (Å²) in [6.07, 6.45) is -1.15. The first-order valence-electron chi connectivity index (χ1n) is 4.16. The van der Waals surface area contributed by atoms with Crippen LogP contribution in [0.25, 0.3) is 0 Å². The number of nitrogens with one attached hydrogen (secondary N) is 1. The van der Waals surface area contributed by atoms with Crippen molar-refractivity contribution in [2.24, 2.45) is 0 Å². The van der Waals surface area contributed by atoms with Crippen molar-refractivity contribution in [1.82, 2.24) is 5.16 Å². The second-order valence-corrected chi connectivity index (χ2v) is 3.01. The highest BCUT2D eigenvalue weighted by Gasteiger charge is 2.22. The van der Waals surface area contributed by atoms with Crippen molar-refractivity contribution in [3.63, 3.8) is 0 Å². The Morgan fingerprint density at radius 3 is 2.80 bits per heavy atom. The van der Waals surface area contributed by atoms with E-state index >= 15 is 0 Å². The molecule has 0 fully saturated rings. The molecule has 0 aromatic carbocycles. The van der Waals surface area contributed by atoms with Crippen molar-refractivity contribution >= 4 is 18.4 Å². The van der Waals surface area contributed by atoms with Crippen molar-refractivity contribution in [1.29, 1.82) is 0 Å². The number of amides is 1. The monoisotopic (exact) mass is 214 g/mol. The zero-order valence-electron chi connectivity index (χ0n) is 8.18. The third kappa shape index (κ3) is 2.46. The Kier molecular flexibility index (Phi) is 3.27. The van der Waals surface area contributed by atoms with Gasteiger partial charge in [-0.2, -0.15) is 0 Å². The molecule has 0 bridgehead atoms. The van der Waals surface area contributed by atoms with Crippen LogP contribution in [0.5, 0.6) is 5.75 Å². The van der Waals surface area contributed by atoms with E-state index in [-0.39, 0.29) is 17.6 Å². The fraction of sp³-hybridized carbons (Fsp3) is 0.375. The molecule has 0 saturated carbocycles. The van der Waals surface area contributed by atoms with Crippen molar-refractivity contribution in [3.8, 4) is 5.75 Å². The largest absolute Gasteiger partial charge is 0.511 e. The summed E-state index contributed by atoms with van der Waals surface area (Å²) in [6.45, 7) is 3.58. The molecule has 15 heavy (non-hydrogen) atoms. The number of hydrogen-bond acceptors (Lipinski definition) is 5. The Morgan fingerprint density at radius 1 is 1.67 bits per heavy atom. The molecule has 0 aliphatic heterocycles. The summed E-state index contributed by atoms with van der Waals surface area (Å²) in [5.41, 5.74) is 0.335. The van der Waals surface area contributed by atoms with Crippen molar-refractivity contribution < 1.29 is 24.0 Å². The van der Waals surface area contributed by atoms with Crippen LogP contribution in [-0.2, 0) is 4.79 Å². The molecule has 0 unspecified atom stereocenters. The first-order valence-corrected chi connectivity index (χ1v) is 4.16. The molecule has 1 aromatic heterocycles. The van der Waals surface area contributed by atoms with Crippen LogP contribution in [-0.4, -0.2) is 22.8 Å². The summed E-state index contributed by atoms with van der Waals surface area (Å²) in [6, 6.07) is 0. The molecule has 82 valence electrons. The van der Waals surface area contributed by atoms with E-state index in [0.717, 1.165) is 0 Å². The van der Waals surface area contributed by atoms with Gasteiger partial charge in [-0.25, -0.2) is 4.79 Å². The van der Waals surface area contributed by atoms with Crippen molar-refractivity contribution in [2.75, 3.05) is 5.32 Å². The summed E-state index contributed by atoms with van der Waals surface area (Å²) in [7, 11) is 0. The van der Waals surface area contributed by atoms with Crippen molar-refractivity contribution in [2.45, 2.75) is 19.8 Å². The van der Waals surface area contributed by atoms with Crippen LogP contribution in [0.15, 0.2) is 4.52 Å². The van der Waals surface area contributed by atoms with Gasteiger partial charge in [-0.1, -0.05) is 19.0 Å². The highest BCUT2D eigenvalue weighted by Crippen LogP contribution is 2.33. The van der Waals surface area contributed by atoms with Gasteiger partial charge in [0, 0.05) is 5.92 Å². The molecule has 1 heterocycles. The van der Waals surface area contributed by atoms with Gasteiger partial charge in [0.05, 0.1) is 0 Å². The van der Waals surface area contributed by atoms with E-state index < -0.39 is 6.16 Å². The van der Waals surface area contributed by atoms with Crippen LogP contribution < -0.4 is 10.1 Å². The predicted octanol–water partition coefficient (Wildman–Crippen LogP) is 1.42. The van der Waals surface area contributed by atoms with E-state index in [1.807, 2.05) is 0 Å². The molecule has 7 heteroatoms. The van der Waals surface area contributed by atoms with Crippen molar-refractivity contribution in [3.05, 3.63) is 5.69 Å². The zero-order chi connectivity index (χ0) is 11.4. The van der Waals surface area contributed by atoms with Gasteiger partial charge in [-0.3, -0.25) is 10.1 Å². The number of nitrogens with zero attached hydrogens (tertiary/aromatic N) is 1. The lowest BCUT2D eigenvalue weighted by molar-refractivity contribution is -0.105. The number of anilines is 1. The third-order valence-electron chi connectivity index (χ3n) is 1.60. The lowest BCUT2D eigenvalue weighted by Crippen LogP contribution is -2.07. The molecule has 0 atom stereocenters. The average Bonchev–Trinajstić information content (AvgIpc) is 2.48. The van der Waals surface area contributed by atoms with Crippen LogP contribution in [0.1, 0.15) is 25.5 Å². The van der Waals surface area contributed by atoms with Gasteiger partial charge in [0.2, 0.25) is 12.2 Å². The molecule has 0 aliphatic rings. The molecule has 0 radical (unpaired) electrons. The molecule has 0 aliphatic carbocycles. The van der Waals surface area contributed by atoms with E-state index in [0.29, 0.717) is 12.1 Å². The molecule has 7 nitrogen and oxygen atoms in total. The molecule has 1 aromatic rings. The first-order chi connectivity index (χ1) is 7.06. The second-order valence-electron chi connectivity index (χ2n) is 3.01. The van der Waals surface area contributed by atoms with Crippen LogP contribution in [0.3, 0.4) is 0 Å². The highest BCUT2D eigenvalue weighted by molar-refractivity contribution is 5.74. The molecular formula is C8H10N2O5. The second kappa shape index (κ2) is 4.45. The van der Waals surface area contributed by atoms with E-state index in [1.165, 1.54) is 0 Å². The molecule has 2 N–H and O–H groups in total. The topological polar surface area (TPSA) is 102 Å². The third-order valence-corrected chi connectivity index (χ3v) is 1.60. The average molecular weight is 214 g/mol. The molecule has 0 saturated heterocycles. The SMILES string of the molecule is CC(C)c1noc(NC=O)c1OC(=O)O. The van der Waals surface area contributed by atoms with E-state index in [2.05, 4.69) is 15.2 Å². The maximum atomic E-state index is 10.4. The van der Waals surface area contributed by atoms with Gasteiger partial charge in [-0.15, -0.1) is 0 Å². The van der Waals surface area contributed by atoms with Gasteiger partial charge in [0.1, 0.15) is 5.69 Å². The molecule has 0 spiro atoms. The zero-order valence-corrected chi connectivity index (χ0v) is 8.18. The quantitative estimate of drug-likeness (QED) is 0.580. The molecular weight excluding hydrogens is 204 g/mol. The van der Waals surface area contributed by atoms with Crippen LogP contribution in [0.4, 0.5) is 10.7 Å². The lowest BCUT2D eigenvalue weighted by Gasteiger charge is -2.02. The molecule has 1 amide bonds. The van der Waals surface area contributed by atoms with E-state index in [9.17, 15) is 9.59 Å². The summed E-state index contributed by atoms with van der Waals surface area (Å²) in [5.74, 6) is -0.272. The minimum absolute atomic E-state index is 0.0784. The van der Waals surface area contributed by atoms with E-state index in [1.54, 1.807) is 13.8 Å². The van der Waals surface area contributed by atoms with Gasteiger partial charge < -0.3 is 14.4 Å². The van der Waals surface area contributed by atoms with Crippen LogP contribution >= 0.6 is 0 Å². The number of carboxylic acid groups (broad SMARTS) is 1. The number of hydrogen-bond donors (Lipinski definition) is 2. The fourth-order valence-corrected chi connectivity index (χ4v) is 0.993. The van der Waals surface area contributed by atoms with Gasteiger partial charge in [-0.05, 0) is 0 Å². The number of aromatic nitrogens is 1. The normalized spacial score (nSPS) is 10.1. The fourth-order valence-electron chi connectivity index (χ4n) is 0.993. The van der Waals surface area contributed by atoms with Gasteiger partial charge >= 0.3 is 6.16 Å². The lowest BCUT2D eigenvalue weighted by atomic mass is 10.1. The maximum Gasteiger partial charge on any atom is 0.511 e. The van der Waals surface area contributed by atoms with Gasteiger partial charge in [0.25, 0.3) is 5.88 Å². The molecule has 1 rings (SSSR count). The summed E-state index contributed by atoms with van der Waals surface area (Å²) < 4.78 is 9.19. The Bertz CT molecular complexity index is 371. The number of rotatable bonds is 4. The highest BCUT2D eigenvalue weighted by atomic mass is 16.7. The minimum atomic E-state index is -1.49. The maximum absolute atomic E-state index is 10.4. The summed E-state index contributed by atoms with van der Waals surface area (Å²) in [4.78, 5) is 20.6. The predicted molar refractivity (Wildman–Crippen MR) is 48.9 cm³/mol. The first kappa shape index (κ1) is 11.0. The smallest absolute Gasteiger partial charge is 0.449 e. The van der Waals surface area contributed by atoms with Crippen LogP contribution in [0.2, 0.25) is 0 Å². The van der Waals surface area contributed by atoms with Gasteiger partial charge in [0.15, 0.2) is 0 Å². The van der Waals surface area contributed by atoms with Crippen LogP contribution in [0, 0.1) is 0 Å². The summed E-state index contributed by atoms with van der Waals surface area (Å²) in [5, 5.41) is 14.2. The Balaban J connectivity index is 3.07. The van der Waals surface area contributed by atoms with E-state index in [4.69, 9.17) is 9.63 Å². The number of carbonyl (C=O) groups excluding carboxylic acids is 1.